The van der Waals surface area contributed by atoms with Gasteiger partial charge in [0, 0.05) is 5.75 Å². The van der Waals surface area contributed by atoms with E-state index in [1.54, 1.807) is 22.8 Å². The smallest absolute Gasteiger partial charge is 0.187 e. The van der Waals surface area contributed by atoms with Crippen molar-refractivity contribution in [3.8, 4) is 5.69 Å². The van der Waals surface area contributed by atoms with Crippen LogP contribution in [-0.4, -0.2) is 25.0 Å². The average molecular weight is 333 g/mol. The molecule has 0 bridgehead atoms. The maximum Gasteiger partial charge on any atom is 0.187 e. The third-order valence-corrected chi connectivity index (χ3v) is 4.75. The lowest BCUT2D eigenvalue weighted by Gasteiger charge is -2.03. The van der Waals surface area contributed by atoms with Crippen molar-refractivity contribution in [1.29, 1.82) is 0 Å². The number of aryl methyl sites for hydroxylation is 1. The molecule has 2 aromatic heterocycles. The van der Waals surface area contributed by atoms with Gasteiger partial charge in [-0.1, -0.05) is 65.0 Å². The molecule has 0 amide bonds. The minimum atomic E-state index is 0.725. The first-order chi connectivity index (χ1) is 11.8. The van der Waals surface area contributed by atoms with Crippen LogP contribution in [0.1, 0.15) is 11.1 Å². The van der Waals surface area contributed by atoms with Gasteiger partial charge in [0.25, 0.3) is 0 Å². The number of fused-ring (bicyclic) bond motifs is 1. The molecule has 6 heteroatoms. The highest BCUT2D eigenvalue weighted by molar-refractivity contribution is 7.98. The highest BCUT2D eigenvalue weighted by Crippen LogP contribution is 2.26. The Labute approximate surface area is 143 Å². The van der Waals surface area contributed by atoms with E-state index >= 15 is 0 Å². The predicted octanol–water partition coefficient (Wildman–Crippen LogP) is 3.81. The highest BCUT2D eigenvalue weighted by Gasteiger charge is 2.13. The van der Waals surface area contributed by atoms with Crippen molar-refractivity contribution in [2.45, 2.75) is 17.7 Å². The number of benzene rings is 2. The van der Waals surface area contributed by atoms with Gasteiger partial charge in [-0.2, -0.15) is 4.68 Å². The second-order valence-electron chi connectivity index (χ2n) is 5.46. The van der Waals surface area contributed by atoms with E-state index in [1.807, 2.05) is 30.3 Å². The zero-order valence-electron chi connectivity index (χ0n) is 13.1. The van der Waals surface area contributed by atoms with Gasteiger partial charge in [0.15, 0.2) is 11.2 Å². The summed E-state index contributed by atoms with van der Waals surface area (Å²) in [4.78, 5) is 8.74. The van der Waals surface area contributed by atoms with Gasteiger partial charge in [-0.05, 0) is 24.6 Å². The van der Waals surface area contributed by atoms with Gasteiger partial charge in [0.1, 0.15) is 11.4 Å². The molecular formula is C18H15N5S. The molecule has 0 atom stereocenters. The van der Waals surface area contributed by atoms with Gasteiger partial charge >= 0.3 is 0 Å². The molecule has 0 unspecified atom stereocenters. The maximum absolute atomic E-state index is 4.38. The summed E-state index contributed by atoms with van der Waals surface area (Å²) in [6.07, 6.45) is 1.57. The zero-order valence-corrected chi connectivity index (χ0v) is 13.9. The minimum absolute atomic E-state index is 0.725. The third kappa shape index (κ3) is 2.88. The van der Waals surface area contributed by atoms with Crippen LogP contribution in [-0.2, 0) is 5.75 Å². The van der Waals surface area contributed by atoms with E-state index in [1.165, 1.54) is 11.1 Å². The maximum atomic E-state index is 4.38. The summed E-state index contributed by atoms with van der Waals surface area (Å²) >= 11 is 1.65. The lowest BCUT2D eigenvalue weighted by Crippen LogP contribution is -1.97. The zero-order chi connectivity index (χ0) is 16.4. The highest BCUT2D eigenvalue weighted by atomic mass is 32.2. The van der Waals surface area contributed by atoms with E-state index < -0.39 is 0 Å². The fraction of sp³-hybridized carbons (Fsp3) is 0.111. The molecule has 5 nitrogen and oxygen atoms in total. The largest absolute Gasteiger partial charge is 0.227 e. The predicted molar refractivity (Wildman–Crippen MR) is 95.2 cm³/mol. The van der Waals surface area contributed by atoms with E-state index in [9.17, 15) is 0 Å². The van der Waals surface area contributed by atoms with Crippen LogP contribution in [0.3, 0.4) is 0 Å². The SMILES string of the molecule is Cc1ccc(CSc2ncnc3c2nnn3-c2ccccc2)cc1. The van der Waals surface area contributed by atoms with Gasteiger partial charge in [-0.3, -0.25) is 0 Å². The Balaban J connectivity index is 1.65. The Morgan fingerprint density at radius 3 is 2.54 bits per heavy atom. The Kier molecular flexibility index (Phi) is 3.96. The van der Waals surface area contributed by atoms with Gasteiger partial charge in [0.2, 0.25) is 0 Å². The van der Waals surface area contributed by atoms with Crippen LogP contribution in [0.25, 0.3) is 16.9 Å². The first-order valence-electron chi connectivity index (χ1n) is 7.61. The lowest BCUT2D eigenvalue weighted by molar-refractivity contribution is 0.817. The molecule has 118 valence electrons. The summed E-state index contributed by atoms with van der Waals surface area (Å²) in [5.74, 6) is 0.838. The summed E-state index contributed by atoms with van der Waals surface area (Å²) in [7, 11) is 0. The third-order valence-electron chi connectivity index (χ3n) is 3.70. The topological polar surface area (TPSA) is 56.5 Å². The number of para-hydroxylation sites is 1. The number of nitrogens with zero attached hydrogens (tertiary/aromatic N) is 5. The molecule has 2 aromatic carbocycles. The summed E-state index contributed by atoms with van der Waals surface area (Å²) in [5, 5.41) is 9.38. The van der Waals surface area contributed by atoms with Crippen LogP contribution in [0, 0.1) is 6.92 Å². The summed E-state index contributed by atoms with van der Waals surface area (Å²) in [6.45, 7) is 2.09. The number of thioether (sulfide) groups is 1. The molecule has 0 N–H and O–H groups in total. The van der Waals surface area contributed by atoms with Crippen molar-refractivity contribution in [2.24, 2.45) is 0 Å². The molecule has 0 aliphatic carbocycles. The molecule has 24 heavy (non-hydrogen) atoms. The van der Waals surface area contributed by atoms with Crippen LogP contribution < -0.4 is 0 Å². The number of hydrogen-bond donors (Lipinski definition) is 0. The molecule has 4 rings (SSSR count). The Bertz CT molecular complexity index is 964. The summed E-state index contributed by atoms with van der Waals surface area (Å²) in [5.41, 5.74) is 4.92. The number of aromatic nitrogens is 5. The Morgan fingerprint density at radius 2 is 1.75 bits per heavy atom. The molecular weight excluding hydrogens is 318 g/mol. The van der Waals surface area contributed by atoms with E-state index in [0.717, 1.165) is 27.6 Å². The van der Waals surface area contributed by atoms with E-state index in [2.05, 4.69) is 51.5 Å². The van der Waals surface area contributed by atoms with Crippen molar-refractivity contribution in [3.63, 3.8) is 0 Å². The van der Waals surface area contributed by atoms with Crippen LogP contribution in [0.15, 0.2) is 66.0 Å². The molecule has 0 radical (unpaired) electrons. The van der Waals surface area contributed by atoms with E-state index in [-0.39, 0.29) is 0 Å². The molecule has 4 aromatic rings. The van der Waals surface area contributed by atoms with Crippen LogP contribution >= 0.6 is 11.8 Å². The Morgan fingerprint density at radius 1 is 0.958 bits per heavy atom. The van der Waals surface area contributed by atoms with Crippen molar-refractivity contribution < 1.29 is 0 Å². The standard InChI is InChI=1S/C18H15N5S/c1-13-7-9-14(10-8-13)11-24-18-16-17(19-12-20-18)23(22-21-16)15-5-3-2-4-6-15/h2-10,12H,11H2,1H3. The first kappa shape index (κ1) is 14.8. The van der Waals surface area contributed by atoms with E-state index in [4.69, 9.17) is 0 Å². The van der Waals surface area contributed by atoms with Crippen molar-refractivity contribution in [2.75, 3.05) is 0 Å². The van der Waals surface area contributed by atoms with Crippen molar-refractivity contribution in [1.82, 2.24) is 25.0 Å². The average Bonchev–Trinajstić information content (AvgIpc) is 3.07. The fourth-order valence-corrected chi connectivity index (χ4v) is 3.30. The minimum Gasteiger partial charge on any atom is -0.227 e. The molecule has 0 aliphatic heterocycles. The monoisotopic (exact) mass is 333 g/mol. The molecule has 0 fully saturated rings. The van der Waals surface area contributed by atoms with Crippen LogP contribution in [0.2, 0.25) is 0 Å². The van der Waals surface area contributed by atoms with Gasteiger partial charge < -0.3 is 0 Å². The molecule has 0 saturated carbocycles. The summed E-state index contributed by atoms with van der Waals surface area (Å²) in [6, 6.07) is 18.4. The van der Waals surface area contributed by atoms with Gasteiger partial charge in [0.05, 0.1) is 5.69 Å². The van der Waals surface area contributed by atoms with E-state index in [0.29, 0.717) is 0 Å². The second kappa shape index (κ2) is 6.41. The van der Waals surface area contributed by atoms with Crippen LogP contribution in [0.4, 0.5) is 0 Å². The lowest BCUT2D eigenvalue weighted by atomic mass is 10.2. The molecule has 2 heterocycles. The van der Waals surface area contributed by atoms with Crippen molar-refractivity contribution in [3.05, 3.63) is 72.1 Å². The van der Waals surface area contributed by atoms with Crippen molar-refractivity contribution >= 4 is 22.9 Å². The first-order valence-corrected chi connectivity index (χ1v) is 8.60. The molecule has 0 aliphatic rings. The van der Waals surface area contributed by atoms with Gasteiger partial charge in [-0.25, -0.2) is 9.97 Å². The number of rotatable bonds is 4. The van der Waals surface area contributed by atoms with Gasteiger partial charge in [-0.15, -0.1) is 5.10 Å². The number of hydrogen-bond acceptors (Lipinski definition) is 5. The molecule has 0 spiro atoms. The summed E-state index contributed by atoms with van der Waals surface area (Å²) < 4.78 is 1.74. The van der Waals surface area contributed by atoms with Crippen LogP contribution in [0.5, 0.6) is 0 Å². The quantitative estimate of drug-likeness (QED) is 0.420. The fourth-order valence-electron chi connectivity index (χ4n) is 2.41. The second-order valence-corrected chi connectivity index (χ2v) is 6.43. The normalized spacial score (nSPS) is 11.0. The Hall–Kier alpha value is -2.73. The molecule has 0 saturated heterocycles.